The van der Waals surface area contributed by atoms with E-state index in [1.165, 1.54) is 33.0 Å². The zero-order chi connectivity index (χ0) is 21.3. The largest absolute Gasteiger partial charge is 0.353 e. The van der Waals surface area contributed by atoms with Crippen LogP contribution >= 0.6 is 0 Å². The maximum Gasteiger partial charge on any atom is 0.0710 e. The first-order chi connectivity index (χ1) is 15.9. The molecule has 0 aliphatic carbocycles. The Morgan fingerprint density at radius 3 is 1.88 bits per heavy atom. The molecule has 0 atom stereocenters. The van der Waals surface area contributed by atoms with Crippen molar-refractivity contribution in [3.63, 3.8) is 0 Å². The highest BCUT2D eigenvalue weighted by atomic mass is 14.9. The van der Waals surface area contributed by atoms with E-state index in [0.717, 1.165) is 22.4 Å². The van der Waals surface area contributed by atoms with Crippen molar-refractivity contribution in [3.05, 3.63) is 121 Å². The third-order valence-electron chi connectivity index (χ3n) is 6.03. The topological polar surface area (TPSA) is 27.8 Å². The normalized spacial score (nSPS) is 11.1. The molecule has 0 radical (unpaired) electrons. The fraction of sp³-hybridized carbons (Fsp3) is 0. The van der Waals surface area contributed by atoms with Crippen LogP contribution in [0.25, 0.3) is 44.1 Å². The highest BCUT2D eigenvalue weighted by Gasteiger charge is 2.14. The molecule has 2 nitrogen and oxygen atoms in total. The van der Waals surface area contributed by atoms with E-state index in [0.29, 0.717) is 0 Å². The second kappa shape index (κ2) is 7.75. The lowest BCUT2D eigenvalue weighted by Crippen LogP contribution is -1.95. The van der Waals surface area contributed by atoms with Crippen molar-refractivity contribution < 1.29 is 0 Å². The van der Waals surface area contributed by atoms with Crippen LogP contribution < -0.4 is 5.32 Å². The van der Waals surface area contributed by atoms with Crippen LogP contribution in [0.2, 0.25) is 0 Å². The molecule has 0 spiro atoms. The van der Waals surface area contributed by atoms with Crippen LogP contribution in [-0.4, -0.2) is 4.98 Å². The molecule has 2 heteroatoms. The van der Waals surface area contributed by atoms with Gasteiger partial charge in [-0.2, -0.15) is 0 Å². The van der Waals surface area contributed by atoms with Gasteiger partial charge in [0, 0.05) is 27.5 Å². The molecule has 0 saturated carbocycles. The van der Waals surface area contributed by atoms with E-state index in [4.69, 9.17) is 0 Å². The molecule has 152 valence electrons. The van der Waals surface area contributed by atoms with Crippen LogP contribution in [-0.2, 0) is 0 Å². The lowest BCUT2D eigenvalue weighted by atomic mass is 9.97. The summed E-state index contributed by atoms with van der Waals surface area (Å²) in [4.78, 5) is 3.65. The molecular weight excluding hydrogens is 388 g/mol. The van der Waals surface area contributed by atoms with Crippen LogP contribution in [0.4, 0.5) is 11.4 Å². The monoisotopic (exact) mass is 410 g/mol. The van der Waals surface area contributed by atoms with Crippen molar-refractivity contribution >= 4 is 33.2 Å². The van der Waals surface area contributed by atoms with E-state index in [9.17, 15) is 0 Å². The summed E-state index contributed by atoms with van der Waals surface area (Å²) >= 11 is 0. The number of H-pyrrole nitrogens is 1. The molecular formula is C30H22N2. The molecule has 0 aliphatic rings. The molecule has 0 fully saturated rings. The first-order valence-corrected chi connectivity index (χ1v) is 10.9. The molecule has 0 unspecified atom stereocenters. The SMILES string of the molecule is c1ccc(Nc2c(-c3ccc(-c4ccccc4)cc3)ccc3c2[nH]c2ccccc23)cc1. The third-order valence-corrected chi connectivity index (χ3v) is 6.03. The van der Waals surface area contributed by atoms with Crippen LogP contribution in [0.15, 0.2) is 121 Å². The molecule has 0 bridgehead atoms. The molecule has 0 saturated heterocycles. The van der Waals surface area contributed by atoms with Crippen molar-refractivity contribution in [2.75, 3.05) is 5.32 Å². The number of aromatic nitrogens is 1. The standard InChI is InChI=1S/C30H22N2/c1-3-9-21(10-4-1)22-15-17-23(18-16-22)25-19-20-27-26-13-7-8-14-28(26)32-30(27)29(25)31-24-11-5-2-6-12-24/h1-20,31-32H. The summed E-state index contributed by atoms with van der Waals surface area (Å²) in [6.07, 6.45) is 0. The van der Waals surface area contributed by atoms with Gasteiger partial charge >= 0.3 is 0 Å². The van der Waals surface area contributed by atoms with Crippen molar-refractivity contribution in [2.45, 2.75) is 0 Å². The van der Waals surface area contributed by atoms with E-state index in [2.05, 4.69) is 126 Å². The van der Waals surface area contributed by atoms with Crippen LogP contribution in [0.1, 0.15) is 0 Å². The molecule has 1 aromatic heterocycles. The van der Waals surface area contributed by atoms with Gasteiger partial charge in [0.1, 0.15) is 0 Å². The maximum atomic E-state index is 3.69. The molecule has 2 N–H and O–H groups in total. The summed E-state index contributed by atoms with van der Waals surface area (Å²) in [7, 11) is 0. The molecule has 5 aromatic carbocycles. The number of para-hydroxylation sites is 2. The Labute approximate surface area is 187 Å². The van der Waals surface area contributed by atoms with E-state index in [-0.39, 0.29) is 0 Å². The minimum Gasteiger partial charge on any atom is -0.353 e. The number of rotatable bonds is 4. The summed E-state index contributed by atoms with van der Waals surface area (Å²) in [5.74, 6) is 0. The second-order valence-corrected chi connectivity index (χ2v) is 8.02. The van der Waals surface area contributed by atoms with Gasteiger partial charge < -0.3 is 10.3 Å². The average molecular weight is 411 g/mol. The molecule has 1 heterocycles. The first kappa shape index (κ1) is 18.5. The van der Waals surface area contributed by atoms with Crippen molar-refractivity contribution in [2.24, 2.45) is 0 Å². The minimum absolute atomic E-state index is 1.07. The first-order valence-electron chi connectivity index (χ1n) is 10.9. The molecule has 0 aliphatic heterocycles. The van der Waals surface area contributed by atoms with E-state index in [1.807, 2.05) is 6.07 Å². The zero-order valence-electron chi connectivity index (χ0n) is 17.5. The fourth-order valence-corrected chi connectivity index (χ4v) is 4.43. The van der Waals surface area contributed by atoms with Gasteiger partial charge in [-0.05, 0) is 34.9 Å². The van der Waals surface area contributed by atoms with Gasteiger partial charge in [-0.25, -0.2) is 0 Å². The van der Waals surface area contributed by atoms with E-state index in [1.54, 1.807) is 0 Å². The van der Waals surface area contributed by atoms with Gasteiger partial charge in [0.05, 0.1) is 11.2 Å². The van der Waals surface area contributed by atoms with E-state index >= 15 is 0 Å². The summed E-state index contributed by atoms with van der Waals surface area (Å²) < 4.78 is 0. The van der Waals surface area contributed by atoms with Gasteiger partial charge in [-0.3, -0.25) is 0 Å². The van der Waals surface area contributed by atoms with Crippen LogP contribution in [0.5, 0.6) is 0 Å². The number of aromatic amines is 1. The van der Waals surface area contributed by atoms with Crippen LogP contribution in [0, 0.1) is 0 Å². The maximum absolute atomic E-state index is 3.69. The molecule has 6 rings (SSSR count). The van der Waals surface area contributed by atoms with Crippen molar-refractivity contribution in [3.8, 4) is 22.3 Å². The Morgan fingerprint density at radius 1 is 0.469 bits per heavy atom. The number of hydrogen-bond acceptors (Lipinski definition) is 1. The quantitative estimate of drug-likeness (QED) is 0.300. The van der Waals surface area contributed by atoms with Gasteiger partial charge in [-0.15, -0.1) is 0 Å². The van der Waals surface area contributed by atoms with Gasteiger partial charge in [-0.1, -0.05) is 103 Å². The van der Waals surface area contributed by atoms with Crippen molar-refractivity contribution in [1.82, 2.24) is 4.98 Å². The molecule has 32 heavy (non-hydrogen) atoms. The van der Waals surface area contributed by atoms with Gasteiger partial charge in [0.15, 0.2) is 0 Å². The summed E-state index contributed by atoms with van der Waals surface area (Å²) in [5.41, 5.74) is 9.25. The summed E-state index contributed by atoms with van der Waals surface area (Å²) in [6, 6.07) is 42.6. The minimum atomic E-state index is 1.07. The number of benzene rings is 5. The highest BCUT2D eigenvalue weighted by molar-refractivity contribution is 6.14. The molecule has 6 aromatic rings. The van der Waals surface area contributed by atoms with Gasteiger partial charge in [0.25, 0.3) is 0 Å². The Morgan fingerprint density at radius 2 is 1.09 bits per heavy atom. The number of hydrogen-bond donors (Lipinski definition) is 2. The lowest BCUT2D eigenvalue weighted by Gasteiger charge is -2.15. The number of fused-ring (bicyclic) bond motifs is 3. The summed E-state index contributed by atoms with van der Waals surface area (Å²) in [6.45, 7) is 0. The fourth-order valence-electron chi connectivity index (χ4n) is 4.43. The Hall–Kier alpha value is -4.30. The predicted molar refractivity (Wildman–Crippen MR) is 136 cm³/mol. The smallest absolute Gasteiger partial charge is 0.0710 e. The number of anilines is 2. The highest BCUT2D eigenvalue weighted by Crippen LogP contribution is 2.39. The summed E-state index contributed by atoms with van der Waals surface area (Å²) in [5, 5.41) is 6.16. The third kappa shape index (κ3) is 3.23. The second-order valence-electron chi connectivity index (χ2n) is 8.02. The zero-order valence-corrected chi connectivity index (χ0v) is 17.5. The van der Waals surface area contributed by atoms with Crippen LogP contribution in [0.3, 0.4) is 0 Å². The average Bonchev–Trinajstić information content (AvgIpc) is 3.25. The Bertz CT molecular complexity index is 1510. The van der Waals surface area contributed by atoms with E-state index < -0.39 is 0 Å². The lowest BCUT2D eigenvalue weighted by molar-refractivity contribution is 1.50. The van der Waals surface area contributed by atoms with Crippen molar-refractivity contribution in [1.29, 1.82) is 0 Å². The Balaban J connectivity index is 1.52. The number of nitrogens with one attached hydrogen (secondary N) is 2. The Kier molecular flexibility index (Phi) is 4.47. The molecule has 0 amide bonds. The predicted octanol–water partition coefficient (Wildman–Crippen LogP) is 8.40. The van der Waals surface area contributed by atoms with Gasteiger partial charge in [0.2, 0.25) is 0 Å².